The van der Waals surface area contributed by atoms with Crippen LogP contribution in [0.5, 0.6) is 0 Å². The normalized spacial score (nSPS) is 23.0. The largest absolute Gasteiger partial charge is 0.364 e. The van der Waals surface area contributed by atoms with Gasteiger partial charge in [-0.05, 0) is 30.9 Å². The first-order valence-electron chi connectivity index (χ1n) is 6.38. The van der Waals surface area contributed by atoms with E-state index in [1.165, 1.54) is 5.56 Å². The van der Waals surface area contributed by atoms with Crippen LogP contribution in [0, 0.1) is 6.92 Å². The third-order valence-electron chi connectivity index (χ3n) is 3.38. The zero-order chi connectivity index (χ0) is 13.0. The summed E-state index contributed by atoms with van der Waals surface area (Å²) in [5.41, 5.74) is 7.85. The molecule has 3 N–H and O–H groups in total. The van der Waals surface area contributed by atoms with Gasteiger partial charge in [-0.3, -0.25) is 4.79 Å². The van der Waals surface area contributed by atoms with Crippen molar-refractivity contribution in [2.75, 3.05) is 6.54 Å². The molecule has 2 unspecified atom stereocenters. The molecule has 0 aliphatic carbocycles. The van der Waals surface area contributed by atoms with Gasteiger partial charge in [0.25, 0.3) is 0 Å². The molecule has 1 saturated heterocycles. The maximum atomic E-state index is 11.9. The van der Waals surface area contributed by atoms with Crippen molar-refractivity contribution >= 4 is 5.91 Å². The molecule has 2 rings (SSSR count). The highest BCUT2D eigenvalue weighted by Gasteiger charge is 2.29. The quantitative estimate of drug-likeness (QED) is 0.839. The van der Waals surface area contributed by atoms with Crippen LogP contribution in [0.4, 0.5) is 0 Å². The minimum Gasteiger partial charge on any atom is -0.364 e. The molecule has 4 nitrogen and oxygen atoms in total. The van der Waals surface area contributed by atoms with E-state index in [9.17, 15) is 4.79 Å². The van der Waals surface area contributed by atoms with E-state index in [1.807, 2.05) is 31.2 Å². The van der Waals surface area contributed by atoms with Crippen LogP contribution in [0.1, 0.15) is 24.0 Å². The third-order valence-corrected chi connectivity index (χ3v) is 3.38. The van der Waals surface area contributed by atoms with Gasteiger partial charge in [0.1, 0.15) is 6.10 Å². The maximum Gasteiger partial charge on any atom is 0.249 e. The fraction of sp³-hybridized carbons (Fsp3) is 0.500. The highest BCUT2D eigenvalue weighted by molar-refractivity contribution is 5.81. The molecule has 0 radical (unpaired) electrons. The number of nitrogens with one attached hydrogen (secondary N) is 1. The van der Waals surface area contributed by atoms with Crippen molar-refractivity contribution in [3.8, 4) is 0 Å². The standard InChI is InChI=1S/C14H20N2O2/c1-10-4-2-3-5-11(10)9-16-14(17)13-7-6-12(8-15)18-13/h2-5,12-13H,6-9,15H2,1H3,(H,16,17). The van der Waals surface area contributed by atoms with Crippen molar-refractivity contribution in [1.82, 2.24) is 5.32 Å². The number of hydrogen-bond acceptors (Lipinski definition) is 3. The van der Waals surface area contributed by atoms with Gasteiger partial charge < -0.3 is 15.8 Å². The first-order chi connectivity index (χ1) is 8.70. The van der Waals surface area contributed by atoms with Gasteiger partial charge in [0.05, 0.1) is 6.10 Å². The zero-order valence-corrected chi connectivity index (χ0v) is 10.7. The summed E-state index contributed by atoms with van der Waals surface area (Å²) in [5.74, 6) is -0.0331. The molecule has 1 aliphatic rings. The van der Waals surface area contributed by atoms with Crippen molar-refractivity contribution in [2.45, 2.75) is 38.5 Å². The Labute approximate surface area is 108 Å². The van der Waals surface area contributed by atoms with E-state index in [2.05, 4.69) is 5.32 Å². The van der Waals surface area contributed by atoms with Crippen LogP contribution in [0.3, 0.4) is 0 Å². The predicted octanol–water partition coefficient (Wildman–Crippen LogP) is 1.12. The Morgan fingerprint density at radius 3 is 2.89 bits per heavy atom. The van der Waals surface area contributed by atoms with Crippen LogP contribution in [0.2, 0.25) is 0 Å². The Kier molecular flexibility index (Phi) is 4.33. The maximum absolute atomic E-state index is 11.9. The smallest absolute Gasteiger partial charge is 0.249 e. The lowest BCUT2D eigenvalue weighted by molar-refractivity contribution is -0.132. The summed E-state index contributed by atoms with van der Waals surface area (Å²) in [6.45, 7) is 3.08. The second-order valence-electron chi connectivity index (χ2n) is 4.70. The minimum absolute atomic E-state index is 0.0331. The van der Waals surface area contributed by atoms with Crippen molar-refractivity contribution < 1.29 is 9.53 Å². The molecule has 1 aromatic carbocycles. The summed E-state index contributed by atoms with van der Waals surface area (Å²) in [5, 5.41) is 2.92. The number of hydrogen-bond donors (Lipinski definition) is 2. The SMILES string of the molecule is Cc1ccccc1CNC(=O)C1CCC(CN)O1. The van der Waals surface area contributed by atoms with E-state index >= 15 is 0 Å². The van der Waals surface area contributed by atoms with E-state index in [0.29, 0.717) is 13.1 Å². The van der Waals surface area contributed by atoms with Crippen molar-refractivity contribution in [2.24, 2.45) is 5.73 Å². The molecule has 1 amide bonds. The molecule has 1 aliphatic heterocycles. The zero-order valence-electron chi connectivity index (χ0n) is 10.7. The van der Waals surface area contributed by atoms with Gasteiger partial charge in [0.15, 0.2) is 0 Å². The molecular formula is C14H20N2O2. The van der Waals surface area contributed by atoms with Crippen LogP contribution < -0.4 is 11.1 Å². The van der Waals surface area contributed by atoms with Gasteiger partial charge in [-0.15, -0.1) is 0 Å². The van der Waals surface area contributed by atoms with Gasteiger partial charge in [-0.2, -0.15) is 0 Å². The van der Waals surface area contributed by atoms with Crippen LogP contribution >= 0.6 is 0 Å². The lowest BCUT2D eigenvalue weighted by atomic mass is 10.1. The van der Waals surface area contributed by atoms with Gasteiger partial charge in [0, 0.05) is 13.1 Å². The minimum atomic E-state index is -0.331. The molecule has 2 atom stereocenters. The highest BCUT2D eigenvalue weighted by atomic mass is 16.5. The Balaban J connectivity index is 1.84. The van der Waals surface area contributed by atoms with Gasteiger partial charge >= 0.3 is 0 Å². The number of rotatable bonds is 4. The summed E-state index contributed by atoms with van der Waals surface area (Å²) in [4.78, 5) is 11.9. The van der Waals surface area contributed by atoms with Gasteiger partial charge in [-0.1, -0.05) is 24.3 Å². The van der Waals surface area contributed by atoms with Gasteiger partial charge in [-0.25, -0.2) is 0 Å². The van der Waals surface area contributed by atoms with Crippen molar-refractivity contribution in [3.05, 3.63) is 35.4 Å². The van der Waals surface area contributed by atoms with Gasteiger partial charge in [0.2, 0.25) is 5.91 Å². The Bertz CT molecular complexity index is 420. The Morgan fingerprint density at radius 2 is 2.22 bits per heavy atom. The fourth-order valence-electron chi connectivity index (χ4n) is 2.18. The fourth-order valence-corrected chi connectivity index (χ4v) is 2.18. The molecule has 0 spiro atoms. The van der Waals surface area contributed by atoms with E-state index in [-0.39, 0.29) is 18.1 Å². The molecule has 1 aromatic rings. The second-order valence-corrected chi connectivity index (χ2v) is 4.70. The predicted molar refractivity (Wildman–Crippen MR) is 70.0 cm³/mol. The number of carbonyl (C=O) groups excluding carboxylic acids is 1. The number of aryl methyl sites for hydroxylation is 1. The summed E-state index contributed by atoms with van der Waals surface area (Å²) < 4.78 is 5.55. The number of carbonyl (C=O) groups is 1. The monoisotopic (exact) mass is 248 g/mol. The molecule has 0 bridgehead atoms. The highest BCUT2D eigenvalue weighted by Crippen LogP contribution is 2.19. The molecular weight excluding hydrogens is 228 g/mol. The molecule has 0 saturated carbocycles. The Hall–Kier alpha value is -1.39. The lowest BCUT2D eigenvalue weighted by Crippen LogP contribution is -2.35. The first-order valence-corrected chi connectivity index (χ1v) is 6.38. The number of nitrogens with two attached hydrogens (primary N) is 1. The molecule has 1 fully saturated rings. The van der Waals surface area contributed by atoms with Crippen LogP contribution in [0.25, 0.3) is 0 Å². The topological polar surface area (TPSA) is 64.4 Å². The molecule has 1 heterocycles. The average molecular weight is 248 g/mol. The van der Waals surface area contributed by atoms with Crippen LogP contribution in [-0.4, -0.2) is 24.7 Å². The first kappa shape index (κ1) is 13.1. The molecule has 0 aromatic heterocycles. The Morgan fingerprint density at radius 1 is 1.44 bits per heavy atom. The van der Waals surface area contributed by atoms with E-state index in [1.54, 1.807) is 0 Å². The lowest BCUT2D eigenvalue weighted by Gasteiger charge is -2.13. The van der Waals surface area contributed by atoms with Crippen LogP contribution in [0.15, 0.2) is 24.3 Å². The number of ether oxygens (including phenoxy) is 1. The van der Waals surface area contributed by atoms with Crippen molar-refractivity contribution in [3.63, 3.8) is 0 Å². The number of amides is 1. The molecule has 18 heavy (non-hydrogen) atoms. The summed E-state index contributed by atoms with van der Waals surface area (Å²) in [7, 11) is 0. The summed E-state index contributed by atoms with van der Waals surface area (Å²) in [6, 6.07) is 8.03. The molecule has 4 heteroatoms. The van der Waals surface area contributed by atoms with Crippen molar-refractivity contribution in [1.29, 1.82) is 0 Å². The summed E-state index contributed by atoms with van der Waals surface area (Å²) >= 11 is 0. The van der Waals surface area contributed by atoms with E-state index in [4.69, 9.17) is 10.5 Å². The van der Waals surface area contributed by atoms with E-state index in [0.717, 1.165) is 18.4 Å². The number of benzene rings is 1. The average Bonchev–Trinajstić information content (AvgIpc) is 2.86. The van der Waals surface area contributed by atoms with E-state index < -0.39 is 0 Å². The van der Waals surface area contributed by atoms with Crippen LogP contribution in [-0.2, 0) is 16.1 Å². The summed E-state index contributed by atoms with van der Waals surface area (Å²) in [6.07, 6.45) is 1.35. The third kappa shape index (κ3) is 3.09. The molecule has 98 valence electrons. The second kappa shape index (κ2) is 5.98.